The molecule has 0 spiro atoms. The number of rotatable bonds is 3. The molecule has 2 aliphatic rings. The van der Waals surface area contributed by atoms with Gasteiger partial charge in [-0.25, -0.2) is 0 Å². The van der Waals surface area contributed by atoms with Gasteiger partial charge in [0.05, 0.1) is 0 Å². The molecule has 0 amide bonds. The first-order chi connectivity index (χ1) is 9.98. The second kappa shape index (κ2) is 6.07. The average molecular weight is 349 g/mol. The monoisotopic (exact) mass is 348 g/mol. The summed E-state index contributed by atoms with van der Waals surface area (Å²) in [6, 6.07) is 9.61. The van der Waals surface area contributed by atoms with E-state index in [-0.39, 0.29) is 5.41 Å². The maximum Gasteiger partial charge on any atom is 0.0184 e. The number of benzene rings is 1. The van der Waals surface area contributed by atoms with Gasteiger partial charge in [-0.3, -0.25) is 0 Å². The summed E-state index contributed by atoms with van der Waals surface area (Å²) < 4.78 is 0. The third-order valence-electron chi connectivity index (χ3n) is 6.19. The van der Waals surface area contributed by atoms with Crippen LogP contribution in [0, 0.1) is 11.8 Å². The zero-order valence-corrected chi connectivity index (χ0v) is 15.3. The lowest BCUT2D eigenvalue weighted by molar-refractivity contribution is 0.214. The van der Waals surface area contributed by atoms with Gasteiger partial charge in [0.15, 0.2) is 0 Å². The summed E-state index contributed by atoms with van der Waals surface area (Å²) >= 11 is 3.99. The summed E-state index contributed by atoms with van der Waals surface area (Å²) in [5.74, 6) is 2.48. The minimum absolute atomic E-state index is 0.270. The van der Waals surface area contributed by atoms with Crippen molar-refractivity contribution in [3.8, 4) is 0 Å². The van der Waals surface area contributed by atoms with Crippen LogP contribution in [0.4, 0.5) is 0 Å². The van der Waals surface area contributed by atoms with Gasteiger partial charge in [0, 0.05) is 4.83 Å². The van der Waals surface area contributed by atoms with Gasteiger partial charge in [-0.2, -0.15) is 0 Å². The molecule has 1 aromatic rings. The molecule has 0 radical (unpaired) electrons. The molecule has 116 valence electrons. The van der Waals surface area contributed by atoms with Gasteiger partial charge in [-0.05, 0) is 60.0 Å². The summed E-state index contributed by atoms with van der Waals surface area (Å²) in [6.07, 6.45) is 8.28. The van der Waals surface area contributed by atoms with Crippen molar-refractivity contribution >= 4 is 15.9 Å². The predicted octanol–water partition coefficient (Wildman–Crippen LogP) is 6.43. The van der Waals surface area contributed by atoms with Gasteiger partial charge in [0.1, 0.15) is 0 Å². The van der Waals surface area contributed by atoms with Crippen LogP contribution >= 0.6 is 15.9 Å². The molecule has 0 nitrogen and oxygen atoms in total. The molecule has 1 aromatic carbocycles. The van der Waals surface area contributed by atoms with E-state index in [1.54, 1.807) is 5.56 Å². The third-order valence-corrected chi connectivity index (χ3v) is 7.20. The van der Waals surface area contributed by atoms with Crippen LogP contribution in [0.2, 0.25) is 0 Å². The molecule has 0 saturated heterocycles. The van der Waals surface area contributed by atoms with Crippen molar-refractivity contribution in [3.05, 3.63) is 35.4 Å². The number of alkyl halides is 1. The fraction of sp³-hybridized carbons (Fsp3) is 0.700. The van der Waals surface area contributed by atoms with E-state index < -0.39 is 0 Å². The van der Waals surface area contributed by atoms with E-state index in [4.69, 9.17) is 0 Å². The fourth-order valence-corrected chi connectivity index (χ4v) is 5.83. The smallest absolute Gasteiger partial charge is 0.0184 e. The highest BCUT2D eigenvalue weighted by Gasteiger charge is 2.38. The molecule has 0 aliphatic heterocycles. The molecule has 2 fully saturated rings. The Kier molecular flexibility index (Phi) is 4.50. The summed E-state index contributed by atoms with van der Waals surface area (Å²) in [6.45, 7) is 7.28. The second-order valence-electron chi connectivity index (χ2n) is 8.01. The average Bonchev–Trinajstić information content (AvgIpc) is 2.37. The van der Waals surface area contributed by atoms with E-state index in [2.05, 4.69) is 61.0 Å². The van der Waals surface area contributed by atoms with Crippen molar-refractivity contribution in [1.29, 1.82) is 0 Å². The fourth-order valence-electron chi connectivity index (χ4n) is 4.26. The van der Waals surface area contributed by atoms with Crippen LogP contribution in [0.1, 0.15) is 76.3 Å². The minimum atomic E-state index is 0.270. The standard InChI is InChI=1S/C20H29Br/c1-14-7-12-18(19(21)13-14)20(2,3)17-10-8-16(9-11-17)15-5-4-6-15/h8-11,14-15,18-19H,4-7,12-13H2,1-3H3. The van der Waals surface area contributed by atoms with Crippen molar-refractivity contribution in [2.75, 3.05) is 0 Å². The Bertz CT molecular complexity index is 469. The third kappa shape index (κ3) is 3.09. The molecule has 1 heteroatoms. The lowest BCUT2D eigenvalue weighted by Gasteiger charge is -2.42. The van der Waals surface area contributed by atoms with Gasteiger partial charge in [-0.1, -0.05) is 73.8 Å². The molecular weight excluding hydrogens is 320 g/mol. The van der Waals surface area contributed by atoms with Gasteiger partial charge < -0.3 is 0 Å². The molecule has 2 saturated carbocycles. The van der Waals surface area contributed by atoms with Crippen molar-refractivity contribution < 1.29 is 0 Å². The summed E-state index contributed by atoms with van der Waals surface area (Å²) in [5, 5.41) is 0. The Balaban J connectivity index is 1.77. The molecule has 3 atom stereocenters. The van der Waals surface area contributed by atoms with Crippen molar-refractivity contribution in [2.45, 2.75) is 75.5 Å². The first-order valence-electron chi connectivity index (χ1n) is 8.73. The Hall–Kier alpha value is -0.300. The first kappa shape index (κ1) is 15.6. The molecule has 3 rings (SSSR count). The molecule has 0 bridgehead atoms. The molecule has 2 aliphatic carbocycles. The van der Waals surface area contributed by atoms with Crippen LogP contribution in [0.15, 0.2) is 24.3 Å². The van der Waals surface area contributed by atoms with Crippen LogP contribution in [0.25, 0.3) is 0 Å². The molecule has 0 heterocycles. The maximum absolute atomic E-state index is 3.99. The van der Waals surface area contributed by atoms with Gasteiger partial charge in [0.25, 0.3) is 0 Å². The van der Waals surface area contributed by atoms with Crippen LogP contribution in [-0.4, -0.2) is 4.83 Å². The largest absolute Gasteiger partial charge is 0.0887 e. The van der Waals surface area contributed by atoms with E-state index in [1.165, 1.54) is 44.1 Å². The van der Waals surface area contributed by atoms with Gasteiger partial charge in [0.2, 0.25) is 0 Å². The summed E-state index contributed by atoms with van der Waals surface area (Å²) in [7, 11) is 0. The van der Waals surface area contributed by atoms with Crippen molar-refractivity contribution in [3.63, 3.8) is 0 Å². The molecule has 0 N–H and O–H groups in total. The summed E-state index contributed by atoms with van der Waals surface area (Å²) in [4.78, 5) is 0.669. The van der Waals surface area contributed by atoms with Crippen LogP contribution < -0.4 is 0 Å². The Morgan fingerprint density at radius 3 is 2.19 bits per heavy atom. The zero-order chi connectivity index (χ0) is 15.0. The highest BCUT2D eigenvalue weighted by Crippen LogP contribution is 2.45. The highest BCUT2D eigenvalue weighted by atomic mass is 79.9. The number of hydrogen-bond acceptors (Lipinski definition) is 0. The van der Waals surface area contributed by atoms with E-state index in [0.29, 0.717) is 4.83 Å². The minimum Gasteiger partial charge on any atom is -0.0887 e. The molecule has 3 unspecified atom stereocenters. The topological polar surface area (TPSA) is 0 Å². The lowest BCUT2D eigenvalue weighted by atomic mass is 9.65. The lowest BCUT2D eigenvalue weighted by Crippen LogP contribution is -2.38. The van der Waals surface area contributed by atoms with Crippen molar-refractivity contribution in [2.24, 2.45) is 11.8 Å². The van der Waals surface area contributed by atoms with Crippen LogP contribution in [-0.2, 0) is 5.41 Å². The number of hydrogen-bond donors (Lipinski definition) is 0. The van der Waals surface area contributed by atoms with E-state index in [0.717, 1.165) is 17.8 Å². The van der Waals surface area contributed by atoms with Crippen molar-refractivity contribution in [1.82, 2.24) is 0 Å². The normalized spacial score (nSPS) is 31.0. The number of halogens is 1. The van der Waals surface area contributed by atoms with Crippen LogP contribution in [0.3, 0.4) is 0 Å². The SMILES string of the molecule is CC1CCC(C(C)(C)c2ccc(C3CCC3)cc2)C(Br)C1. The summed E-state index contributed by atoms with van der Waals surface area (Å²) in [5.41, 5.74) is 3.36. The molecule has 21 heavy (non-hydrogen) atoms. The molecule has 0 aromatic heterocycles. The highest BCUT2D eigenvalue weighted by molar-refractivity contribution is 9.09. The molecular formula is C20H29Br. The van der Waals surface area contributed by atoms with Crippen LogP contribution in [0.5, 0.6) is 0 Å². The maximum atomic E-state index is 3.99. The first-order valence-corrected chi connectivity index (χ1v) is 9.64. The van der Waals surface area contributed by atoms with E-state index >= 15 is 0 Å². The predicted molar refractivity (Wildman–Crippen MR) is 95.3 cm³/mol. The van der Waals surface area contributed by atoms with Gasteiger partial charge in [-0.15, -0.1) is 0 Å². The Morgan fingerprint density at radius 1 is 1.00 bits per heavy atom. The second-order valence-corrected chi connectivity index (χ2v) is 9.19. The zero-order valence-electron chi connectivity index (χ0n) is 13.7. The van der Waals surface area contributed by atoms with E-state index in [9.17, 15) is 0 Å². The quantitative estimate of drug-likeness (QED) is 0.552. The Morgan fingerprint density at radius 2 is 1.67 bits per heavy atom. The Labute approximate surface area is 138 Å². The van der Waals surface area contributed by atoms with E-state index in [1.807, 2.05) is 0 Å². The van der Waals surface area contributed by atoms with Gasteiger partial charge >= 0.3 is 0 Å².